The van der Waals surface area contributed by atoms with Gasteiger partial charge in [0.2, 0.25) is 0 Å². The summed E-state index contributed by atoms with van der Waals surface area (Å²) in [5, 5.41) is 11.1. The molecule has 8 heteroatoms. The molecule has 0 aliphatic carbocycles. The average Bonchev–Trinajstić information content (AvgIpc) is 2.22. The highest BCUT2D eigenvalue weighted by atomic mass is 16.5. The monoisotopic (exact) mass is 246 g/mol. The van der Waals surface area contributed by atoms with Crippen molar-refractivity contribution in [2.75, 3.05) is 13.2 Å². The van der Waals surface area contributed by atoms with Crippen molar-refractivity contribution >= 4 is 18.0 Å². The van der Waals surface area contributed by atoms with Crippen LogP contribution >= 0.6 is 0 Å². The number of hydrogen-bond acceptors (Lipinski definition) is 4. The molecule has 0 fully saturated rings. The van der Waals surface area contributed by atoms with Crippen LogP contribution in [0.5, 0.6) is 0 Å². The van der Waals surface area contributed by atoms with Crippen molar-refractivity contribution in [1.29, 1.82) is 0 Å². The molecule has 0 rings (SSSR count). The predicted octanol–water partition coefficient (Wildman–Crippen LogP) is -0.761. The Balaban J connectivity index is 4.03. The molecular formula is C9H18N4O4. The molecule has 98 valence electrons. The molecule has 0 aliphatic heterocycles. The molecule has 0 aliphatic rings. The highest BCUT2D eigenvalue weighted by Gasteiger charge is 2.19. The lowest BCUT2D eigenvalue weighted by molar-refractivity contribution is -0.139. The van der Waals surface area contributed by atoms with E-state index in [0.717, 1.165) is 0 Å². The Labute approximate surface area is 99.0 Å². The number of amides is 1. The Kier molecular flexibility index (Phi) is 7.24. The van der Waals surface area contributed by atoms with Crippen LogP contribution in [0.1, 0.15) is 19.8 Å². The number of aliphatic imine (C=N–C) groups is 1. The van der Waals surface area contributed by atoms with Crippen molar-refractivity contribution in [1.82, 2.24) is 5.32 Å². The minimum absolute atomic E-state index is 0.0461. The van der Waals surface area contributed by atoms with E-state index < -0.39 is 18.1 Å². The van der Waals surface area contributed by atoms with Gasteiger partial charge in [-0.3, -0.25) is 4.99 Å². The van der Waals surface area contributed by atoms with Gasteiger partial charge in [0.15, 0.2) is 5.96 Å². The number of hydrogen-bond donors (Lipinski definition) is 4. The number of alkyl carbamates (subject to hydrolysis) is 1. The molecule has 0 radical (unpaired) electrons. The third-order valence-corrected chi connectivity index (χ3v) is 1.81. The smallest absolute Gasteiger partial charge is 0.407 e. The second-order valence-electron chi connectivity index (χ2n) is 3.20. The first-order chi connectivity index (χ1) is 7.97. The fourth-order valence-corrected chi connectivity index (χ4v) is 1.08. The second kappa shape index (κ2) is 8.20. The van der Waals surface area contributed by atoms with Gasteiger partial charge in [0, 0.05) is 6.54 Å². The number of carbonyl (C=O) groups is 2. The number of aliphatic carboxylic acids is 1. The molecule has 0 bridgehead atoms. The largest absolute Gasteiger partial charge is 0.480 e. The summed E-state index contributed by atoms with van der Waals surface area (Å²) in [7, 11) is 0. The molecule has 0 aromatic rings. The molecule has 0 aromatic carbocycles. The molecule has 17 heavy (non-hydrogen) atoms. The van der Waals surface area contributed by atoms with Gasteiger partial charge >= 0.3 is 12.1 Å². The topological polar surface area (TPSA) is 140 Å². The lowest BCUT2D eigenvalue weighted by Crippen LogP contribution is -2.41. The molecule has 0 saturated heterocycles. The summed E-state index contributed by atoms with van der Waals surface area (Å²) >= 11 is 0. The number of carboxylic acids is 1. The van der Waals surface area contributed by atoms with Gasteiger partial charge < -0.3 is 26.6 Å². The minimum atomic E-state index is -1.12. The van der Waals surface area contributed by atoms with Crippen LogP contribution in [-0.2, 0) is 9.53 Å². The number of rotatable bonds is 7. The number of nitrogens with zero attached hydrogens (tertiary/aromatic N) is 1. The van der Waals surface area contributed by atoms with Gasteiger partial charge in [-0.1, -0.05) is 0 Å². The van der Waals surface area contributed by atoms with Crippen LogP contribution in [0.15, 0.2) is 4.99 Å². The second-order valence-corrected chi connectivity index (χ2v) is 3.20. The van der Waals surface area contributed by atoms with Gasteiger partial charge in [-0.2, -0.15) is 0 Å². The SMILES string of the molecule is CCOC(=O)N[C@@H](CCCN=C(N)N)C(=O)O. The van der Waals surface area contributed by atoms with E-state index in [2.05, 4.69) is 15.0 Å². The standard InChI is InChI=1S/C9H18N4O4/c1-2-17-9(16)13-6(7(14)15)4-3-5-12-8(10)11/h6H,2-5H2,1H3,(H,13,16)(H,14,15)(H4,10,11,12)/t6-/m0/s1. The zero-order valence-electron chi connectivity index (χ0n) is 9.68. The van der Waals surface area contributed by atoms with Crippen LogP contribution in [0.3, 0.4) is 0 Å². The van der Waals surface area contributed by atoms with E-state index in [1.54, 1.807) is 6.92 Å². The quantitative estimate of drug-likeness (QED) is 0.264. The van der Waals surface area contributed by atoms with Crippen LogP contribution in [0.4, 0.5) is 4.79 Å². The lowest BCUT2D eigenvalue weighted by Gasteiger charge is -2.13. The summed E-state index contributed by atoms with van der Waals surface area (Å²) in [4.78, 5) is 25.6. The summed E-state index contributed by atoms with van der Waals surface area (Å²) in [6, 6.07) is -0.997. The fraction of sp³-hybridized carbons (Fsp3) is 0.667. The number of ether oxygens (including phenoxy) is 1. The Morgan fingerprint density at radius 3 is 2.59 bits per heavy atom. The van der Waals surface area contributed by atoms with Crippen molar-refractivity contribution in [3.05, 3.63) is 0 Å². The maximum absolute atomic E-state index is 11.0. The van der Waals surface area contributed by atoms with E-state index in [4.69, 9.17) is 16.6 Å². The summed E-state index contributed by atoms with van der Waals surface area (Å²) in [6.45, 7) is 2.14. The van der Waals surface area contributed by atoms with E-state index in [9.17, 15) is 9.59 Å². The number of nitrogens with one attached hydrogen (secondary N) is 1. The first-order valence-corrected chi connectivity index (χ1v) is 5.18. The summed E-state index contributed by atoms with van der Waals surface area (Å²) in [6.07, 6.45) is -0.0756. The molecule has 1 atom stereocenters. The van der Waals surface area contributed by atoms with Gasteiger partial charge in [0.25, 0.3) is 0 Å². The van der Waals surface area contributed by atoms with Crippen molar-refractivity contribution in [3.8, 4) is 0 Å². The molecule has 0 spiro atoms. The van der Waals surface area contributed by atoms with Gasteiger partial charge in [-0.05, 0) is 19.8 Å². The van der Waals surface area contributed by atoms with Gasteiger partial charge in [-0.25, -0.2) is 9.59 Å². The van der Waals surface area contributed by atoms with Crippen molar-refractivity contribution < 1.29 is 19.4 Å². The molecule has 0 heterocycles. The van der Waals surface area contributed by atoms with E-state index in [1.165, 1.54) is 0 Å². The van der Waals surface area contributed by atoms with Crippen LogP contribution < -0.4 is 16.8 Å². The van der Waals surface area contributed by atoms with E-state index in [0.29, 0.717) is 13.0 Å². The number of carboxylic acid groups (broad SMARTS) is 1. The highest BCUT2D eigenvalue weighted by molar-refractivity contribution is 5.79. The summed E-state index contributed by atoms with van der Waals surface area (Å²) < 4.78 is 4.59. The number of carbonyl (C=O) groups excluding carboxylic acids is 1. The third kappa shape index (κ3) is 7.88. The minimum Gasteiger partial charge on any atom is -0.480 e. The van der Waals surface area contributed by atoms with Crippen molar-refractivity contribution in [2.45, 2.75) is 25.8 Å². The first-order valence-electron chi connectivity index (χ1n) is 5.18. The number of guanidine groups is 1. The third-order valence-electron chi connectivity index (χ3n) is 1.81. The van der Waals surface area contributed by atoms with Gasteiger partial charge in [0.05, 0.1) is 6.61 Å². The van der Waals surface area contributed by atoms with Crippen LogP contribution in [-0.4, -0.2) is 42.3 Å². The van der Waals surface area contributed by atoms with Gasteiger partial charge in [-0.15, -0.1) is 0 Å². The molecule has 0 unspecified atom stereocenters. The Morgan fingerprint density at radius 1 is 1.47 bits per heavy atom. The average molecular weight is 246 g/mol. The summed E-state index contributed by atoms with van der Waals surface area (Å²) in [5.41, 5.74) is 10.2. The predicted molar refractivity (Wildman–Crippen MR) is 61.5 cm³/mol. The van der Waals surface area contributed by atoms with Crippen molar-refractivity contribution in [2.24, 2.45) is 16.5 Å². The Morgan fingerprint density at radius 2 is 2.12 bits per heavy atom. The molecule has 6 N–H and O–H groups in total. The molecule has 0 aromatic heterocycles. The maximum atomic E-state index is 11.0. The Hall–Kier alpha value is -1.99. The lowest BCUT2D eigenvalue weighted by atomic mass is 10.1. The van der Waals surface area contributed by atoms with Crippen LogP contribution in [0, 0.1) is 0 Å². The molecule has 1 amide bonds. The Bertz CT molecular complexity index is 289. The molecule has 8 nitrogen and oxygen atoms in total. The van der Waals surface area contributed by atoms with Crippen molar-refractivity contribution in [3.63, 3.8) is 0 Å². The highest BCUT2D eigenvalue weighted by Crippen LogP contribution is 1.99. The maximum Gasteiger partial charge on any atom is 0.407 e. The van der Waals surface area contributed by atoms with Crippen LogP contribution in [0.25, 0.3) is 0 Å². The zero-order chi connectivity index (χ0) is 13.3. The number of nitrogens with two attached hydrogens (primary N) is 2. The fourth-order valence-electron chi connectivity index (χ4n) is 1.08. The normalized spacial score (nSPS) is 11.4. The van der Waals surface area contributed by atoms with E-state index >= 15 is 0 Å². The van der Waals surface area contributed by atoms with E-state index in [1.807, 2.05) is 0 Å². The van der Waals surface area contributed by atoms with E-state index in [-0.39, 0.29) is 19.0 Å². The molecular weight excluding hydrogens is 228 g/mol. The first kappa shape index (κ1) is 15.0. The van der Waals surface area contributed by atoms with Crippen LogP contribution in [0.2, 0.25) is 0 Å². The summed E-state index contributed by atoms with van der Waals surface area (Å²) in [5.74, 6) is -1.17. The molecule has 0 saturated carbocycles. The van der Waals surface area contributed by atoms with Gasteiger partial charge in [0.1, 0.15) is 6.04 Å². The zero-order valence-corrected chi connectivity index (χ0v) is 9.68.